The molecule has 0 aliphatic heterocycles. The van der Waals surface area contributed by atoms with Crippen LogP contribution in [0, 0.1) is 6.92 Å². The van der Waals surface area contributed by atoms with E-state index in [-0.39, 0.29) is 11.4 Å². The topological polar surface area (TPSA) is 66.5 Å². The van der Waals surface area contributed by atoms with E-state index < -0.39 is 15.9 Å². The van der Waals surface area contributed by atoms with Gasteiger partial charge in [-0.05, 0) is 66.9 Å². The first-order valence-corrected chi connectivity index (χ1v) is 12.1. The Morgan fingerprint density at radius 2 is 1.52 bits per heavy atom. The molecule has 0 unspecified atom stereocenters. The highest BCUT2D eigenvalue weighted by molar-refractivity contribution is 9.10. The first kappa shape index (κ1) is 23.0. The molecule has 3 rings (SSSR count). The minimum atomic E-state index is -3.93. The fourth-order valence-electron chi connectivity index (χ4n) is 3.04. The van der Waals surface area contributed by atoms with Gasteiger partial charge in [0.15, 0.2) is 0 Å². The molecule has 0 saturated carbocycles. The lowest BCUT2D eigenvalue weighted by Crippen LogP contribution is -2.38. The van der Waals surface area contributed by atoms with Gasteiger partial charge in [-0.25, -0.2) is 8.42 Å². The van der Waals surface area contributed by atoms with E-state index in [9.17, 15) is 13.2 Å². The summed E-state index contributed by atoms with van der Waals surface area (Å²) in [5, 5.41) is 2.80. The molecule has 5 nitrogen and oxygen atoms in total. The van der Waals surface area contributed by atoms with Crippen LogP contribution in [0.2, 0.25) is 0 Å². The van der Waals surface area contributed by atoms with E-state index in [1.807, 2.05) is 31.2 Å². The molecule has 0 bridgehead atoms. The van der Waals surface area contributed by atoms with E-state index in [1.165, 1.54) is 0 Å². The summed E-state index contributed by atoms with van der Waals surface area (Å²) >= 11 is 3.36. The Balaban J connectivity index is 1.88. The molecule has 0 atom stereocenters. The maximum atomic E-state index is 13.4. The smallest absolute Gasteiger partial charge is 0.264 e. The van der Waals surface area contributed by atoms with E-state index in [0.29, 0.717) is 17.3 Å². The number of carbonyl (C=O) groups is 1. The van der Waals surface area contributed by atoms with Crippen molar-refractivity contribution >= 4 is 43.2 Å². The highest BCUT2D eigenvalue weighted by Gasteiger charge is 2.27. The van der Waals surface area contributed by atoms with Gasteiger partial charge < -0.3 is 5.32 Å². The van der Waals surface area contributed by atoms with E-state index in [0.717, 1.165) is 19.9 Å². The summed E-state index contributed by atoms with van der Waals surface area (Å²) in [6, 6.07) is 21.0. The number of anilines is 2. The van der Waals surface area contributed by atoms with Gasteiger partial charge in [-0.3, -0.25) is 9.10 Å². The zero-order valence-corrected chi connectivity index (χ0v) is 20.1. The van der Waals surface area contributed by atoms with Crippen LogP contribution in [0.1, 0.15) is 30.9 Å². The summed E-state index contributed by atoms with van der Waals surface area (Å²) in [5.41, 5.74) is 3.15. The molecule has 1 N–H and O–H groups in total. The van der Waals surface area contributed by atoms with Crippen molar-refractivity contribution in [3.8, 4) is 0 Å². The Hall–Kier alpha value is -2.64. The molecule has 0 aliphatic carbocycles. The van der Waals surface area contributed by atoms with Crippen molar-refractivity contribution in [1.82, 2.24) is 0 Å². The van der Waals surface area contributed by atoms with E-state index in [2.05, 4.69) is 35.1 Å². The third-order valence-corrected chi connectivity index (χ3v) is 7.19. The quantitative estimate of drug-likeness (QED) is 0.451. The molecule has 0 saturated heterocycles. The molecular weight excluding hydrogens is 476 g/mol. The predicted molar refractivity (Wildman–Crippen MR) is 129 cm³/mol. The lowest BCUT2D eigenvalue weighted by atomic mass is 10.0. The van der Waals surface area contributed by atoms with Crippen molar-refractivity contribution in [3.05, 3.63) is 88.4 Å². The molecule has 0 spiro atoms. The minimum Gasteiger partial charge on any atom is -0.325 e. The molecule has 3 aromatic rings. The first-order valence-electron chi connectivity index (χ1n) is 9.91. The van der Waals surface area contributed by atoms with Gasteiger partial charge in [-0.15, -0.1) is 0 Å². The molecule has 3 aromatic carbocycles. The first-order chi connectivity index (χ1) is 14.7. The fraction of sp³-hybridized carbons (Fsp3) is 0.208. The van der Waals surface area contributed by atoms with E-state index in [1.54, 1.807) is 48.5 Å². The van der Waals surface area contributed by atoms with Crippen molar-refractivity contribution in [2.24, 2.45) is 0 Å². The lowest BCUT2D eigenvalue weighted by molar-refractivity contribution is -0.114. The van der Waals surface area contributed by atoms with E-state index >= 15 is 0 Å². The van der Waals surface area contributed by atoms with Crippen molar-refractivity contribution in [3.63, 3.8) is 0 Å². The maximum Gasteiger partial charge on any atom is 0.264 e. The molecule has 0 radical (unpaired) electrons. The van der Waals surface area contributed by atoms with E-state index in [4.69, 9.17) is 0 Å². The molecule has 0 heterocycles. The van der Waals surface area contributed by atoms with Crippen LogP contribution in [-0.4, -0.2) is 20.9 Å². The normalized spacial score (nSPS) is 11.4. The number of amides is 1. The average molecular weight is 501 g/mol. The van der Waals surface area contributed by atoms with Crippen molar-refractivity contribution in [2.75, 3.05) is 16.2 Å². The molecular formula is C24H25BrN2O3S. The van der Waals surface area contributed by atoms with Crippen LogP contribution >= 0.6 is 15.9 Å². The number of carbonyl (C=O) groups excluding carboxylic acids is 1. The second kappa shape index (κ2) is 9.66. The van der Waals surface area contributed by atoms with Crippen molar-refractivity contribution < 1.29 is 13.2 Å². The number of nitrogens with one attached hydrogen (secondary N) is 1. The number of hydrogen-bond acceptors (Lipinski definition) is 3. The summed E-state index contributed by atoms with van der Waals surface area (Å²) in [6.45, 7) is 5.74. The molecule has 162 valence electrons. The number of sulfonamides is 1. The standard InChI is InChI=1S/C24H25BrN2O3S/c1-17(2)19-6-10-21(11-7-19)26-24(28)16-27(22-12-8-20(25)9-13-22)31(29,30)23-14-4-18(3)5-15-23/h4-15,17H,16H2,1-3H3,(H,26,28). The van der Waals surface area contributed by atoms with Gasteiger partial charge in [0.1, 0.15) is 6.54 Å². The van der Waals surface area contributed by atoms with Crippen molar-refractivity contribution in [1.29, 1.82) is 0 Å². The van der Waals surface area contributed by atoms with Crippen LogP contribution in [0.3, 0.4) is 0 Å². The summed E-state index contributed by atoms with van der Waals surface area (Å²) in [7, 11) is -3.93. The second-order valence-electron chi connectivity index (χ2n) is 7.63. The summed E-state index contributed by atoms with van der Waals surface area (Å²) in [6.07, 6.45) is 0. The fourth-order valence-corrected chi connectivity index (χ4v) is 4.73. The highest BCUT2D eigenvalue weighted by atomic mass is 79.9. The summed E-state index contributed by atoms with van der Waals surface area (Å²) in [4.78, 5) is 12.9. The Bertz CT molecular complexity index is 1140. The second-order valence-corrected chi connectivity index (χ2v) is 10.4. The van der Waals surface area contributed by atoms with Crippen LogP contribution in [0.15, 0.2) is 82.2 Å². The molecule has 1 amide bonds. The lowest BCUT2D eigenvalue weighted by Gasteiger charge is -2.24. The monoisotopic (exact) mass is 500 g/mol. The summed E-state index contributed by atoms with van der Waals surface area (Å²) < 4.78 is 28.7. The van der Waals surface area contributed by atoms with Crippen LogP contribution < -0.4 is 9.62 Å². The largest absolute Gasteiger partial charge is 0.325 e. The Morgan fingerprint density at radius 3 is 2.06 bits per heavy atom. The van der Waals surface area contributed by atoms with Crippen LogP contribution in [0.25, 0.3) is 0 Å². The Kier molecular flexibility index (Phi) is 7.18. The Labute approximate surface area is 192 Å². The van der Waals surface area contributed by atoms with Gasteiger partial charge in [0, 0.05) is 10.2 Å². The number of hydrogen-bond donors (Lipinski definition) is 1. The van der Waals surface area contributed by atoms with Crippen LogP contribution in [-0.2, 0) is 14.8 Å². The number of nitrogens with zero attached hydrogens (tertiary/aromatic N) is 1. The van der Waals surface area contributed by atoms with Gasteiger partial charge in [0.2, 0.25) is 5.91 Å². The molecule has 0 aliphatic rings. The predicted octanol–water partition coefficient (Wildman–Crippen LogP) is 5.71. The van der Waals surface area contributed by atoms with Crippen molar-refractivity contribution in [2.45, 2.75) is 31.6 Å². The zero-order chi connectivity index (χ0) is 22.6. The molecule has 31 heavy (non-hydrogen) atoms. The third-order valence-electron chi connectivity index (χ3n) is 4.87. The Morgan fingerprint density at radius 1 is 0.935 bits per heavy atom. The zero-order valence-electron chi connectivity index (χ0n) is 17.7. The van der Waals surface area contributed by atoms with Gasteiger partial charge in [0.05, 0.1) is 10.6 Å². The molecule has 0 fully saturated rings. The average Bonchev–Trinajstić information content (AvgIpc) is 2.73. The SMILES string of the molecule is Cc1ccc(S(=O)(=O)N(CC(=O)Nc2ccc(C(C)C)cc2)c2ccc(Br)cc2)cc1. The number of rotatable bonds is 7. The minimum absolute atomic E-state index is 0.134. The van der Waals surface area contributed by atoms with Gasteiger partial charge in [-0.1, -0.05) is 59.6 Å². The summed E-state index contributed by atoms with van der Waals surface area (Å²) in [5.74, 6) is -0.0341. The van der Waals surface area contributed by atoms with Gasteiger partial charge in [-0.2, -0.15) is 0 Å². The van der Waals surface area contributed by atoms with Gasteiger partial charge in [0.25, 0.3) is 10.0 Å². The number of aryl methyl sites for hydroxylation is 1. The number of benzene rings is 3. The van der Waals surface area contributed by atoms with Crippen LogP contribution in [0.4, 0.5) is 11.4 Å². The highest BCUT2D eigenvalue weighted by Crippen LogP contribution is 2.26. The third kappa shape index (κ3) is 5.74. The maximum absolute atomic E-state index is 13.4. The molecule has 0 aromatic heterocycles. The number of halogens is 1. The van der Waals surface area contributed by atoms with Gasteiger partial charge >= 0.3 is 0 Å². The van der Waals surface area contributed by atoms with Crippen LogP contribution in [0.5, 0.6) is 0 Å². The molecule has 7 heteroatoms.